The van der Waals surface area contributed by atoms with Crippen molar-refractivity contribution in [3.05, 3.63) is 22.8 Å². The number of rotatable bonds is 6. The molecule has 0 fully saturated rings. The van der Waals surface area contributed by atoms with Crippen molar-refractivity contribution in [2.45, 2.75) is 47.3 Å². The third-order valence-corrected chi connectivity index (χ3v) is 3.10. The molecule has 1 rings (SSSR count). The number of ether oxygens (including phenoxy) is 1. The lowest BCUT2D eigenvalue weighted by Crippen LogP contribution is -2.19. The average Bonchev–Trinajstić information content (AvgIpc) is 2.28. The van der Waals surface area contributed by atoms with Crippen LogP contribution in [0.1, 0.15) is 49.7 Å². The van der Waals surface area contributed by atoms with Gasteiger partial charge in [-0.2, -0.15) is 0 Å². The van der Waals surface area contributed by atoms with Gasteiger partial charge in [-0.05, 0) is 26.3 Å². The highest BCUT2D eigenvalue weighted by molar-refractivity contribution is 5.24. The van der Waals surface area contributed by atoms with Crippen LogP contribution in [0.4, 0.5) is 0 Å². The second-order valence-corrected chi connectivity index (χ2v) is 4.91. The fraction of sp³-hybridized carbons (Fsp3) is 0.714. The smallest absolute Gasteiger partial charge is 0.157 e. The fourth-order valence-electron chi connectivity index (χ4n) is 2.07. The molecule has 1 aromatic rings. The van der Waals surface area contributed by atoms with E-state index in [4.69, 9.17) is 4.74 Å². The van der Waals surface area contributed by atoms with E-state index in [0.717, 1.165) is 30.3 Å². The molecular formula is C14H25N3O. The van der Waals surface area contributed by atoms with E-state index in [1.54, 1.807) is 7.11 Å². The molecular weight excluding hydrogens is 226 g/mol. The van der Waals surface area contributed by atoms with Crippen molar-refractivity contribution in [2.75, 3.05) is 13.7 Å². The monoisotopic (exact) mass is 251 g/mol. The summed E-state index contributed by atoms with van der Waals surface area (Å²) in [6.45, 7) is 12.2. The molecule has 102 valence electrons. The first-order valence-electron chi connectivity index (χ1n) is 6.58. The van der Waals surface area contributed by atoms with Gasteiger partial charge in [-0.15, -0.1) is 0 Å². The summed E-state index contributed by atoms with van der Waals surface area (Å²) < 4.78 is 5.49. The lowest BCUT2D eigenvalue weighted by Gasteiger charge is -2.20. The van der Waals surface area contributed by atoms with Crippen molar-refractivity contribution >= 4 is 0 Å². The van der Waals surface area contributed by atoms with Crippen molar-refractivity contribution in [3.8, 4) is 0 Å². The second-order valence-electron chi connectivity index (χ2n) is 4.91. The molecule has 0 aromatic carbocycles. The molecule has 1 N–H and O–H groups in total. The van der Waals surface area contributed by atoms with E-state index in [1.165, 1.54) is 5.56 Å². The summed E-state index contributed by atoms with van der Waals surface area (Å²) in [4.78, 5) is 9.21. The number of nitrogens with zero attached hydrogens (tertiary/aromatic N) is 2. The van der Waals surface area contributed by atoms with Crippen LogP contribution in [0, 0.1) is 19.8 Å². The molecule has 0 saturated carbocycles. The van der Waals surface area contributed by atoms with Gasteiger partial charge in [-0.25, -0.2) is 9.97 Å². The minimum absolute atomic E-state index is 0.0319. The van der Waals surface area contributed by atoms with E-state index in [-0.39, 0.29) is 6.10 Å². The van der Waals surface area contributed by atoms with E-state index >= 15 is 0 Å². The maximum Gasteiger partial charge on any atom is 0.157 e. The predicted molar refractivity (Wildman–Crippen MR) is 73.5 cm³/mol. The van der Waals surface area contributed by atoms with Crippen LogP contribution in [-0.2, 0) is 11.3 Å². The molecule has 0 aliphatic rings. The maximum absolute atomic E-state index is 5.49. The van der Waals surface area contributed by atoms with Gasteiger partial charge in [-0.3, -0.25) is 0 Å². The van der Waals surface area contributed by atoms with Gasteiger partial charge in [0.05, 0.1) is 0 Å². The summed E-state index contributed by atoms with van der Waals surface area (Å²) in [6.07, 6.45) is -0.0319. The van der Waals surface area contributed by atoms with Gasteiger partial charge in [0.15, 0.2) is 5.82 Å². The zero-order chi connectivity index (χ0) is 13.7. The SMILES string of the molecule is CCNCc1c(C)nc(C(OC)C(C)C)nc1C. The molecule has 4 nitrogen and oxygen atoms in total. The Morgan fingerprint density at radius 1 is 1.17 bits per heavy atom. The van der Waals surface area contributed by atoms with Gasteiger partial charge in [-0.1, -0.05) is 20.8 Å². The van der Waals surface area contributed by atoms with Crippen LogP contribution in [0.5, 0.6) is 0 Å². The Morgan fingerprint density at radius 3 is 2.11 bits per heavy atom. The molecule has 0 aliphatic heterocycles. The quantitative estimate of drug-likeness (QED) is 0.844. The fourth-order valence-corrected chi connectivity index (χ4v) is 2.07. The highest BCUT2D eigenvalue weighted by Crippen LogP contribution is 2.23. The zero-order valence-corrected chi connectivity index (χ0v) is 12.4. The maximum atomic E-state index is 5.49. The van der Waals surface area contributed by atoms with Crippen LogP contribution >= 0.6 is 0 Å². The molecule has 1 aromatic heterocycles. The minimum atomic E-state index is -0.0319. The van der Waals surface area contributed by atoms with Gasteiger partial charge in [0.1, 0.15) is 6.10 Å². The van der Waals surface area contributed by atoms with Gasteiger partial charge in [0.25, 0.3) is 0 Å². The molecule has 1 heterocycles. The van der Waals surface area contributed by atoms with Crippen LogP contribution in [0.25, 0.3) is 0 Å². The van der Waals surface area contributed by atoms with E-state index in [2.05, 4.69) is 36.1 Å². The summed E-state index contributed by atoms with van der Waals surface area (Å²) >= 11 is 0. The standard InChI is InChI=1S/C14H25N3O/c1-7-15-8-12-10(4)16-14(17-11(12)5)13(18-6)9(2)3/h9,13,15H,7-8H2,1-6H3. The van der Waals surface area contributed by atoms with E-state index in [9.17, 15) is 0 Å². The first-order chi connectivity index (χ1) is 8.51. The molecule has 0 saturated heterocycles. The number of hydrogen-bond donors (Lipinski definition) is 1. The Balaban J connectivity index is 3.05. The van der Waals surface area contributed by atoms with Gasteiger partial charge in [0, 0.05) is 30.6 Å². The Bertz CT molecular complexity index is 368. The molecule has 4 heteroatoms. The average molecular weight is 251 g/mol. The molecule has 0 spiro atoms. The van der Waals surface area contributed by atoms with Crippen molar-refractivity contribution in [3.63, 3.8) is 0 Å². The van der Waals surface area contributed by atoms with Crippen molar-refractivity contribution < 1.29 is 4.74 Å². The lowest BCUT2D eigenvalue weighted by molar-refractivity contribution is 0.0571. The number of methoxy groups -OCH3 is 1. The summed E-state index contributed by atoms with van der Waals surface area (Å²) in [5.74, 6) is 1.16. The molecule has 0 aliphatic carbocycles. The van der Waals surface area contributed by atoms with E-state index in [0.29, 0.717) is 5.92 Å². The van der Waals surface area contributed by atoms with Gasteiger partial charge in [0.2, 0.25) is 0 Å². The number of aromatic nitrogens is 2. The molecule has 1 atom stereocenters. The molecule has 0 bridgehead atoms. The Hall–Kier alpha value is -1.00. The molecule has 1 unspecified atom stereocenters. The van der Waals surface area contributed by atoms with E-state index in [1.807, 2.05) is 13.8 Å². The predicted octanol–water partition coefficient (Wildman–Crippen LogP) is 2.55. The van der Waals surface area contributed by atoms with Crippen molar-refractivity contribution in [1.82, 2.24) is 15.3 Å². The number of hydrogen-bond acceptors (Lipinski definition) is 4. The Morgan fingerprint density at radius 2 is 1.72 bits per heavy atom. The number of nitrogens with one attached hydrogen (secondary N) is 1. The molecule has 0 amide bonds. The lowest BCUT2D eigenvalue weighted by atomic mass is 10.1. The third kappa shape index (κ3) is 3.50. The zero-order valence-electron chi connectivity index (χ0n) is 12.4. The highest BCUT2D eigenvalue weighted by Gasteiger charge is 2.20. The van der Waals surface area contributed by atoms with Crippen LogP contribution in [0.15, 0.2) is 0 Å². The van der Waals surface area contributed by atoms with Crippen LogP contribution < -0.4 is 5.32 Å². The van der Waals surface area contributed by atoms with Gasteiger partial charge < -0.3 is 10.1 Å². The summed E-state index contributed by atoms with van der Waals surface area (Å²) in [7, 11) is 1.71. The van der Waals surface area contributed by atoms with Gasteiger partial charge >= 0.3 is 0 Å². The largest absolute Gasteiger partial charge is 0.373 e. The Kier molecular flexibility index (Phi) is 5.69. The topological polar surface area (TPSA) is 47.0 Å². The Labute approximate surface area is 110 Å². The third-order valence-electron chi connectivity index (χ3n) is 3.10. The van der Waals surface area contributed by atoms with E-state index < -0.39 is 0 Å². The first-order valence-corrected chi connectivity index (χ1v) is 6.58. The van der Waals surface area contributed by atoms with Crippen molar-refractivity contribution in [1.29, 1.82) is 0 Å². The summed E-state index contributed by atoms with van der Waals surface area (Å²) in [5.41, 5.74) is 3.28. The highest BCUT2D eigenvalue weighted by atomic mass is 16.5. The summed E-state index contributed by atoms with van der Waals surface area (Å²) in [6, 6.07) is 0. The molecule has 0 radical (unpaired) electrons. The number of aryl methyl sites for hydroxylation is 2. The molecule has 18 heavy (non-hydrogen) atoms. The normalized spacial score (nSPS) is 13.1. The first kappa shape index (κ1) is 15.1. The minimum Gasteiger partial charge on any atom is -0.373 e. The summed E-state index contributed by atoms with van der Waals surface area (Å²) in [5, 5.41) is 3.32. The van der Waals surface area contributed by atoms with Crippen LogP contribution in [0.3, 0.4) is 0 Å². The van der Waals surface area contributed by atoms with Crippen molar-refractivity contribution in [2.24, 2.45) is 5.92 Å². The van der Waals surface area contributed by atoms with Crippen LogP contribution in [0.2, 0.25) is 0 Å². The van der Waals surface area contributed by atoms with Crippen LogP contribution in [-0.4, -0.2) is 23.6 Å². The second kappa shape index (κ2) is 6.81.